The molecule has 0 radical (unpaired) electrons. The number of carbonyl (C=O) groups is 1. The Kier molecular flexibility index (Phi) is 14.6. The highest BCUT2D eigenvalue weighted by atomic mass is 16.6. The molecule has 11 nitrogen and oxygen atoms in total. The molecule has 6 rings (SSSR count). The first kappa shape index (κ1) is 44.4. The molecule has 5 saturated heterocycles. The fourth-order valence-corrected chi connectivity index (χ4v) is 9.67. The molecule has 1 aromatic rings. The van der Waals surface area contributed by atoms with Gasteiger partial charge in [0.25, 0.3) is 5.91 Å². The minimum absolute atomic E-state index is 0.0199. The molecule has 320 valence electrons. The first-order chi connectivity index (χ1) is 27.6. The highest BCUT2D eigenvalue weighted by Gasteiger charge is 2.58. The van der Waals surface area contributed by atoms with Crippen LogP contribution < -0.4 is 11.1 Å². The number of rotatable bonds is 11. The fraction of sp³-hybridized carbons (Fsp3) is 0.660. The maximum Gasteiger partial charge on any atom is 0.250 e. The number of nitrogens with two attached hydrogens (primary N) is 1. The van der Waals surface area contributed by atoms with Gasteiger partial charge in [0, 0.05) is 18.9 Å². The molecule has 0 aliphatic carbocycles. The second-order valence-electron chi connectivity index (χ2n) is 18.2. The minimum atomic E-state index is -0.943. The van der Waals surface area contributed by atoms with E-state index in [2.05, 4.69) is 49.8 Å². The van der Waals surface area contributed by atoms with Gasteiger partial charge in [0.2, 0.25) is 0 Å². The number of benzene rings is 1. The molecule has 5 aliphatic heterocycles. The number of carbonyl (C=O) groups excluding carboxylic acids is 1. The van der Waals surface area contributed by atoms with Crippen LogP contribution in [0.15, 0.2) is 83.4 Å². The van der Waals surface area contributed by atoms with Crippen LogP contribution in [0.1, 0.15) is 118 Å². The molecule has 13 unspecified atom stereocenters. The highest BCUT2D eigenvalue weighted by Crippen LogP contribution is 2.49. The van der Waals surface area contributed by atoms with Gasteiger partial charge >= 0.3 is 0 Å². The average Bonchev–Trinajstić information content (AvgIpc) is 3.44. The number of hydrogen-bond acceptors (Lipinski definition) is 9. The third-order valence-corrected chi connectivity index (χ3v) is 13.5. The van der Waals surface area contributed by atoms with Gasteiger partial charge in [-0.15, -0.1) is 0 Å². The lowest BCUT2D eigenvalue weighted by Crippen LogP contribution is -2.59. The quantitative estimate of drug-likeness (QED) is 0.0809. The Hall–Kier alpha value is -3.16. The molecule has 1 amide bonds. The van der Waals surface area contributed by atoms with Crippen LogP contribution in [-0.2, 0) is 35.0 Å². The van der Waals surface area contributed by atoms with Gasteiger partial charge in [-0.3, -0.25) is 10.1 Å². The molecule has 0 bridgehead atoms. The number of hydrogen-bond donors (Lipinski definition) is 4. The lowest BCUT2D eigenvalue weighted by atomic mass is 9.79. The van der Waals surface area contributed by atoms with Crippen molar-refractivity contribution in [3.05, 3.63) is 84.0 Å². The van der Waals surface area contributed by atoms with E-state index in [4.69, 9.17) is 29.4 Å². The van der Waals surface area contributed by atoms with Gasteiger partial charge in [0.15, 0.2) is 5.96 Å². The molecule has 11 heteroatoms. The molecule has 5 heterocycles. The van der Waals surface area contributed by atoms with Crippen molar-refractivity contribution in [1.29, 1.82) is 0 Å². The molecule has 0 spiro atoms. The summed E-state index contributed by atoms with van der Waals surface area (Å²) < 4.78 is 34.4. The summed E-state index contributed by atoms with van der Waals surface area (Å²) >= 11 is 0. The van der Waals surface area contributed by atoms with E-state index in [9.17, 15) is 15.0 Å². The third-order valence-electron chi connectivity index (χ3n) is 13.5. The van der Waals surface area contributed by atoms with Crippen LogP contribution in [0.5, 0.6) is 0 Å². The lowest BCUT2D eigenvalue weighted by molar-refractivity contribution is -0.273. The van der Waals surface area contributed by atoms with Crippen molar-refractivity contribution in [3.63, 3.8) is 0 Å². The van der Waals surface area contributed by atoms with E-state index < -0.39 is 29.0 Å². The van der Waals surface area contributed by atoms with Crippen molar-refractivity contribution >= 4 is 11.9 Å². The molecule has 5 N–H and O–H groups in total. The Labute approximate surface area is 346 Å². The molecule has 13 atom stereocenters. The van der Waals surface area contributed by atoms with Crippen LogP contribution in [0.25, 0.3) is 0 Å². The van der Waals surface area contributed by atoms with Gasteiger partial charge in [0.05, 0.1) is 72.2 Å². The predicted octanol–water partition coefficient (Wildman–Crippen LogP) is 6.91. The van der Waals surface area contributed by atoms with Crippen LogP contribution in [0, 0.1) is 5.92 Å². The van der Waals surface area contributed by atoms with Crippen molar-refractivity contribution in [2.75, 3.05) is 0 Å². The fourth-order valence-electron chi connectivity index (χ4n) is 9.67. The smallest absolute Gasteiger partial charge is 0.250 e. The summed E-state index contributed by atoms with van der Waals surface area (Å²) in [5, 5.41) is 25.9. The molecular formula is C47H69N3O8. The van der Waals surface area contributed by atoms with E-state index in [1.54, 1.807) is 12.2 Å². The zero-order valence-electron chi connectivity index (χ0n) is 35.6. The predicted molar refractivity (Wildman–Crippen MR) is 226 cm³/mol. The van der Waals surface area contributed by atoms with Crippen LogP contribution in [-0.4, -0.2) is 93.8 Å². The van der Waals surface area contributed by atoms with E-state index in [-0.39, 0.29) is 60.5 Å². The molecule has 0 aromatic heterocycles. The molecule has 58 heavy (non-hydrogen) atoms. The van der Waals surface area contributed by atoms with Crippen LogP contribution in [0.4, 0.5) is 0 Å². The molecule has 1 aromatic carbocycles. The Morgan fingerprint density at radius 3 is 2.41 bits per heavy atom. The Bertz CT molecular complexity index is 1690. The topological polar surface area (TPSA) is 154 Å². The number of amides is 1. The van der Waals surface area contributed by atoms with Gasteiger partial charge in [-0.1, -0.05) is 73.7 Å². The maximum atomic E-state index is 12.7. The van der Waals surface area contributed by atoms with E-state index in [1.807, 2.05) is 57.2 Å². The number of fused-ring (bicyclic) bond motifs is 4. The largest absolute Gasteiger partial charge is 0.390 e. The summed E-state index contributed by atoms with van der Waals surface area (Å²) in [4.78, 5) is 16.9. The van der Waals surface area contributed by atoms with E-state index in [1.165, 1.54) is 0 Å². The van der Waals surface area contributed by atoms with Gasteiger partial charge in [-0.05, 0) is 109 Å². The standard InChI is InChI=1S/C47H69N3O8/c1-8-9-10-14-20-39-45(5,53)23-21-36-37(54-39)22-24-46(6)41(55-36)27-38-43(58-46)34(51)28-47(7)40(56-38)25-32(4)35(57-47)19-15-16-30(2)31(3)26-42(52)50-44(48)49-29-33-17-12-11-13-18-33/h8-13,16-18,26,32,34-41,43,51,53H,1,14-15,19-25,27-29H2,2-7H3,(H3,48,49,50,52)/b10-9-,30-16+,31-26+. The lowest BCUT2D eigenvalue weighted by Gasteiger charge is -2.49. The summed E-state index contributed by atoms with van der Waals surface area (Å²) in [5.74, 6) is 0.00626. The molecule has 5 aliphatic rings. The Balaban J connectivity index is 1.04. The second kappa shape index (κ2) is 19.0. The van der Waals surface area contributed by atoms with E-state index in [0.717, 1.165) is 61.7 Å². The minimum Gasteiger partial charge on any atom is -0.390 e. The summed E-state index contributed by atoms with van der Waals surface area (Å²) in [6, 6.07) is 9.74. The third kappa shape index (κ3) is 10.8. The van der Waals surface area contributed by atoms with Crippen molar-refractivity contribution in [2.45, 2.75) is 190 Å². The first-order valence-corrected chi connectivity index (χ1v) is 21.6. The number of nitrogens with zero attached hydrogens (tertiary/aromatic N) is 1. The van der Waals surface area contributed by atoms with Crippen LogP contribution in [0.3, 0.4) is 0 Å². The molecule has 5 fully saturated rings. The number of guanidine groups is 1. The summed E-state index contributed by atoms with van der Waals surface area (Å²) in [6.07, 6.45) is 14.5. The van der Waals surface area contributed by atoms with Gasteiger partial charge in [0.1, 0.15) is 6.10 Å². The number of ether oxygens (including phenoxy) is 5. The van der Waals surface area contributed by atoms with Crippen molar-refractivity contribution in [3.8, 4) is 0 Å². The normalized spacial score (nSPS) is 39.9. The highest BCUT2D eigenvalue weighted by molar-refractivity contribution is 6.02. The van der Waals surface area contributed by atoms with Crippen LogP contribution in [0.2, 0.25) is 0 Å². The van der Waals surface area contributed by atoms with Gasteiger partial charge in [-0.2, -0.15) is 0 Å². The van der Waals surface area contributed by atoms with Crippen molar-refractivity contribution < 1.29 is 38.7 Å². The number of aliphatic hydroxyl groups excluding tert-OH is 1. The van der Waals surface area contributed by atoms with E-state index in [0.29, 0.717) is 32.2 Å². The van der Waals surface area contributed by atoms with E-state index >= 15 is 0 Å². The Morgan fingerprint density at radius 2 is 1.66 bits per heavy atom. The zero-order chi connectivity index (χ0) is 41.7. The van der Waals surface area contributed by atoms with Gasteiger partial charge in [-0.25, -0.2) is 4.99 Å². The number of aliphatic imine (C=N–C) groups is 1. The number of aliphatic hydroxyl groups is 2. The molecular weight excluding hydrogens is 735 g/mol. The van der Waals surface area contributed by atoms with Crippen LogP contribution >= 0.6 is 0 Å². The monoisotopic (exact) mass is 804 g/mol. The van der Waals surface area contributed by atoms with Gasteiger partial charge < -0.3 is 39.6 Å². The van der Waals surface area contributed by atoms with Crippen molar-refractivity contribution in [1.82, 2.24) is 5.32 Å². The first-order valence-electron chi connectivity index (χ1n) is 21.6. The zero-order valence-corrected chi connectivity index (χ0v) is 35.6. The average molecular weight is 804 g/mol. The number of allylic oxidation sites excluding steroid dienone is 6. The number of nitrogens with one attached hydrogen (secondary N) is 1. The van der Waals surface area contributed by atoms with Crippen molar-refractivity contribution in [2.24, 2.45) is 16.6 Å². The summed E-state index contributed by atoms with van der Waals surface area (Å²) in [7, 11) is 0. The molecule has 0 saturated carbocycles. The summed E-state index contributed by atoms with van der Waals surface area (Å²) in [6.45, 7) is 16.4. The maximum absolute atomic E-state index is 12.7. The Morgan fingerprint density at radius 1 is 0.948 bits per heavy atom. The summed E-state index contributed by atoms with van der Waals surface area (Å²) in [5.41, 5.74) is 6.59. The second-order valence-corrected chi connectivity index (χ2v) is 18.2. The SMILES string of the molecule is C=C/C=C\CCC1OC2CCC3(C)OC4C(O)CC5(C)OC(CC/C=C(C)/C(C)=C/C(=O)NC(N)=NCc6ccccc6)C(C)CC5OC4CC3OC2CCC1(C)O.